The van der Waals surface area contributed by atoms with E-state index in [9.17, 15) is 0 Å². The average molecular weight is 346 g/mol. The van der Waals surface area contributed by atoms with E-state index in [1.54, 1.807) is 0 Å². The third kappa shape index (κ3) is 3.91. The molecule has 1 heterocycles. The van der Waals surface area contributed by atoms with E-state index >= 15 is 0 Å². The second-order valence-electron chi connectivity index (χ2n) is 4.55. The summed E-state index contributed by atoms with van der Waals surface area (Å²) in [5.74, 6) is 6.32. The van der Waals surface area contributed by atoms with Crippen LogP contribution in [0.15, 0.2) is 24.3 Å². The summed E-state index contributed by atoms with van der Waals surface area (Å²) in [7, 11) is 0. The Morgan fingerprint density at radius 1 is 1.29 bits per heavy atom. The minimum absolute atomic E-state index is 0.360. The first-order valence-electron chi connectivity index (χ1n) is 6.08. The molecule has 0 saturated carbocycles. The van der Waals surface area contributed by atoms with Gasteiger partial charge in [-0.2, -0.15) is 0 Å². The van der Waals surface area contributed by atoms with Gasteiger partial charge in [-0.15, -0.1) is 0 Å². The first-order chi connectivity index (χ1) is 8.29. The van der Waals surface area contributed by atoms with Crippen molar-refractivity contribution in [2.45, 2.75) is 25.3 Å². The fourth-order valence-electron chi connectivity index (χ4n) is 2.35. The predicted octanol–water partition coefficient (Wildman–Crippen LogP) is 2.09. The number of rotatable bonds is 4. The Bertz CT molecular complexity index is 336. The monoisotopic (exact) mass is 346 g/mol. The van der Waals surface area contributed by atoms with Gasteiger partial charge in [0.15, 0.2) is 0 Å². The van der Waals surface area contributed by atoms with Crippen LogP contribution in [0.25, 0.3) is 0 Å². The lowest BCUT2D eigenvalue weighted by molar-refractivity contribution is 0.0538. The van der Waals surface area contributed by atoms with Crippen LogP contribution < -0.4 is 11.3 Å². The molecule has 0 spiro atoms. The Labute approximate surface area is 116 Å². The van der Waals surface area contributed by atoms with Gasteiger partial charge in [0.05, 0.1) is 0 Å². The van der Waals surface area contributed by atoms with Crippen LogP contribution in [0.1, 0.15) is 18.4 Å². The first-order valence-corrected chi connectivity index (χ1v) is 7.16. The summed E-state index contributed by atoms with van der Waals surface area (Å²) in [6.07, 6.45) is 3.22. The van der Waals surface area contributed by atoms with Crippen molar-refractivity contribution in [3.63, 3.8) is 0 Å². The summed E-state index contributed by atoms with van der Waals surface area (Å²) < 4.78 is 6.66. The highest BCUT2D eigenvalue weighted by atomic mass is 127. The third-order valence-electron chi connectivity index (χ3n) is 3.42. The van der Waals surface area contributed by atoms with Crippen LogP contribution in [0.4, 0.5) is 0 Å². The van der Waals surface area contributed by atoms with Gasteiger partial charge < -0.3 is 4.74 Å². The molecule has 2 rings (SSSR count). The highest BCUT2D eigenvalue weighted by molar-refractivity contribution is 14.1. The third-order valence-corrected chi connectivity index (χ3v) is 4.14. The molecule has 17 heavy (non-hydrogen) atoms. The Morgan fingerprint density at radius 2 is 1.94 bits per heavy atom. The number of hydrogen-bond donors (Lipinski definition) is 2. The molecule has 3 nitrogen and oxygen atoms in total. The van der Waals surface area contributed by atoms with Gasteiger partial charge in [0, 0.05) is 22.8 Å². The summed E-state index contributed by atoms with van der Waals surface area (Å²) in [5.41, 5.74) is 4.32. The molecule has 1 aromatic rings. The van der Waals surface area contributed by atoms with Crippen LogP contribution in [0.2, 0.25) is 0 Å². The fraction of sp³-hybridized carbons (Fsp3) is 0.538. The molecule has 0 aromatic heterocycles. The summed E-state index contributed by atoms with van der Waals surface area (Å²) in [6.45, 7) is 1.74. The Hall–Kier alpha value is -0.170. The fourth-order valence-corrected chi connectivity index (χ4v) is 2.71. The van der Waals surface area contributed by atoms with Gasteiger partial charge in [0.1, 0.15) is 0 Å². The lowest BCUT2D eigenvalue weighted by Gasteiger charge is -2.29. The van der Waals surface area contributed by atoms with Gasteiger partial charge >= 0.3 is 0 Å². The molecule has 1 aliphatic heterocycles. The maximum Gasteiger partial charge on any atom is 0.0469 e. The van der Waals surface area contributed by atoms with Gasteiger partial charge in [0.25, 0.3) is 0 Å². The number of nitrogens with one attached hydrogen (secondary N) is 1. The van der Waals surface area contributed by atoms with Gasteiger partial charge in [-0.1, -0.05) is 12.1 Å². The second-order valence-corrected chi connectivity index (χ2v) is 5.80. The van der Waals surface area contributed by atoms with Crippen molar-refractivity contribution in [1.82, 2.24) is 5.43 Å². The largest absolute Gasteiger partial charge is 0.381 e. The van der Waals surface area contributed by atoms with E-state index in [1.165, 1.54) is 9.13 Å². The summed E-state index contributed by atoms with van der Waals surface area (Å²) >= 11 is 2.33. The number of halogens is 1. The quantitative estimate of drug-likeness (QED) is 0.499. The van der Waals surface area contributed by atoms with Gasteiger partial charge in [-0.05, 0) is 65.5 Å². The SMILES string of the molecule is NNC(Cc1ccc(I)cc1)C1CCOCC1. The molecule has 0 radical (unpaired) electrons. The Balaban J connectivity index is 1.96. The Kier molecular flexibility index (Phi) is 5.21. The van der Waals surface area contributed by atoms with E-state index in [1.807, 2.05) is 0 Å². The van der Waals surface area contributed by atoms with Crippen molar-refractivity contribution in [2.24, 2.45) is 11.8 Å². The zero-order valence-electron chi connectivity index (χ0n) is 9.86. The molecule has 3 N–H and O–H groups in total. The molecule has 1 saturated heterocycles. The molecule has 1 unspecified atom stereocenters. The predicted molar refractivity (Wildman–Crippen MR) is 77.5 cm³/mol. The number of nitrogens with two attached hydrogens (primary N) is 1. The van der Waals surface area contributed by atoms with E-state index < -0.39 is 0 Å². The average Bonchev–Trinajstić information content (AvgIpc) is 2.39. The highest BCUT2D eigenvalue weighted by Crippen LogP contribution is 2.21. The summed E-state index contributed by atoms with van der Waals surface area (Å²) in [6, 6.07) is 9.02. The minimum Gasteiger partial charge on any atom is -0.381 e. The molecule has 0 bridgehead atoms. The van der Waals surface area contributed by atoms with Gasteiger partial charge in [-0.3, -0.25) is 11.3 Å². The minimum atomic E-state index is 0.360. The van der Waals surface area contributed by atoms with E-state index in [2.05, 4.69) is 52.3 Å². The maximum atomic E-state index is 5.69. The molecule has 1 atom stereocenters. The molecule has 0 aliphatic carbocycles. The number of benzene rings is 1. The number of hydrazine groups is 1. The topological polar surface area (TPSA) is 47.3 Å². The van der Waals surface area contributed by atoms with Crippen LogP contribution in [0, 0.1) is 9.49 Å². The first kappa shape index (κ1) is 13.3. The van der Waals surface area contributed by atoms with Crippen molar-refractivity contribution in [2.75, 3.05) is 13.2 Å². The Morgan fingerprint density at radius 3 is 2.53 bits per heavy atom. The standard InChI is InChI=1S/C13H19IN2O/c14-12-3-1-10(2-4-12)9-13(16-15)11-5-7-17-8-6-11/h1-4,11,13,16H,5-9,15H2. The molecule has 1 fully saturated rings. The maximum absolute atomic E-state index is 5.69. The molecular formula is C13H19IN2O. The summed E-state index contributed by atoms with van der Waals surface area (Å²) in [4.78, 5) is 0. The normalized spacial score (nSPS) is 19.2. The van der Waals surface area contributed by atoms with E-state index in [0.717, 1.165) is 32.5 Å². The molecule has 1 aromatic carbocycles. The van der Waals surface area contributed by atoms with Crippen LogP contribution in [-0.4, -0.2) is 19.3 Å². The molecule has 94 valence electrons. The van der Waals surface area contributed by atoms with E-state index in [4.69, 9.17) is 10.6 Å². The lowest BCUT2D eigenvalue weighted by Crippen LogP contribution is -2.44. The van der Waals surface area contributed by atoms with Crippen molar-refractivity contribution in [3.8, 4) is 0 Å². The van der Waals surface area contributed by atoms with Crippen LogP contribution in [0.5, 0.6) is 0 Å². The zero-order valence-corrected chi connectivity index (χ0v) is 12.0. The lowest BCUT2D eigenvalue weighted by atomic mass is 9.88. The van der Waals surface area contributed by atoms with E-state index in [-0.39, 0.29) is 0 Å². The smallest absolute Gasteiger partial charge is 0.0469 e. The molecule has 4 heteroatoms. The van der Waals surface area contributed by atoms with Crippen molar-refractivity contribution in [3.05, 3.63) is 33.4 Å². The van der Waals surface area contributed by atoms with Crippen LogP contribution in [0.3, 0.4) is 0 Å². The number of ether oxygens (including phenoxy) is 1. The van der Waals surface area contributed by atoms with Crippen molar-refractivity contribution in [1.29, 1.82) is 0 Å². The molecular weight excluding hydrogens is 327 g/mol. The molecule has 1 aliphatic rings. The van der Waals surface area contributed by atoms with Crippen molar-refractivity contribution >= 4 is 22.6 Å². The zero-order chi connectivity index (χ0) is 12.1. The van der Waals surface area contributed by atoms with Gasteiger partial charge in [-0.25, -0.2) is 0 Å². The van der Waals surface area contributed by atoms with Crippen LogP contribution in [-0.2, 0) is 11.2 Å². The van der Waals surface area contributed by atoms with Gasteiger partial charge in [0.2, 0.25) is 0 Å². The molecule has 0 amide bonds. The second kappa shape index (κ2) is 6.68. The van der Waals surface area contributed by atoms with E-state index in [0.29, 0.717) is 12.0 Å². The van der Waals surface area contributed by atoms with Crippen molar-refractivity contribution < 1.29 is 4.74 Å². The van der Waals surface area contributed by atoms with Crippen LogP contribution >= 0.6 is 22.6 Å². The summed E-state index contributed by atoms with van der Waals surface area (Å²) in [5, 5.41) is 0. The highest BCUT2D eigenvalue weighted by Gasteiger charge is 2.23. The number of hydrogen-bond acceptors (Lipinski definition) is 3.